The summed E-state index contributed by atoms with van der Waals surface area (Å²) in [4.78, 5) is 14.5. The number of nitrogens with zero attached hydrogens (tertiary/aromatic N) is 4. The highest BCUT2D eigenvalue weighted by Gasteiger charge is 2.11. The first kappa shape index (κ1) is 19.0. The predicted molar refractivity (Wildman–Crippen MR) is 113 cm³/mol. The Morgan fingerprint density at radius 1 is 0.857 bits per heavy atom. The van der Waals surface area contributed by atoms with Crippen LogP contribution >= 0.6 is 35.1 Å². The smallest absolute Gasteiger partial charge is 0.194 e. The van der Waals surface area contributed by atoms with Crippen molar-refractivity contribution in [1.29, 1.82) is 0 Å². The molecule has 2 heterocycles. The largest absolute Gasteiger partial charge is 0.253 e. The number of aryl methyl sites for hydroxylation is 2. The van der Waals surface area contributed by atoms with Gasteiger partial charge in [-0.1, -0.05) is 47.0 Å². The van der Waals surface area contributed by atoms with Gasteiger partial charge < -0.3 is 0 Å². The molecular formula is C20H16ClN5S2. The van der Waals surface area contributed by atoms with Gasteiger partial charge in [0, 0.05) is 16.5 Å². The third-order valence-corrected chi connectivity index (χ3v) is 5.61. The number of nitrogens with one attached hydrogen (secondary N) is 1. The molecule has 2 aromatic carbocycles. The quantitative estimate of drug-likeness (QED) is 0.320. The highest BCUT2D eigenvalue weighted by atomic mass is 35.5. The first-order chi connectivity index (χ1) is 13.5. The maximum atomic E-state index is 6.19. The number of aromatic amines is 1. The summed E-state index contributed by atoms with van der Waals surface area (Å²) in [5.74, 6) is 0.660. The number of H-pyrrole nitrogens is 1. The van der Waals surface area contributed by atoms with Crippen molar-refractivity contribution in [2.45, 2.75) is 34.1 Å². The van der Waals surface area contributed by atoms with E-state index in [-0.39, 0.29) is 0 Å². The molecule has 0 atom stereocenters. The monoisotopic (exact) mass is 425 g/mol. The highest BCUT2D eigenvalue weighted by Crippen LogP contribution is 2.31. The highest BCUT2D eigenvalue weighted by molar-refractivity contribution is 7.99. The Labute approximate surface area is 176 Å². The van der Waals surface area contributed by atoms with Gasteiger partial charge in [0.25, 0.3) is 0 Å². The van der Waals surface area contributed by atoms with Gasteiger partial charge in [0.15, 0.2) is 16.1 Å². The third kappa shape index (κ3) is 4.73. The lowest BCUT2D eigenvalue weighted by Gasteiger charge is -2.03. The van der Waals surface area contributed by atoms with E-state index < -0.39 is 0 Å². The average Bonchev–Trinajstić information content (AvgIpc) is 3.10. The fraction of sp³-hybridized carbons (Fsp3) is 0.100. The fourth-order valence-electron chi connectivity index (χ4n) is 2.69. The summed E-state index contributed by atoms with van der Waals surface area (Å²) < 4.78 is 0. The SMILES string of the molecule is Cc1cc(C)cc(-c2n[nH]c(Sc3cc(Cl)nc(Sc4ccccc4)n3)n2)c1. The second-order valence-corrected chi connectivity index (χ2v) is 8.61. The van der Waals surface area contributed by atoms with E-state index in [1.807, 2.05) is 30.3 Å². The first-order valence-corrected chi connectivity index (χ1v) is 10.5. The van der Waals surface area contributed by atoms with E-state index in [2.05, 4.69) is 57.2 Å². The van der Waals surface area contributed by atoms with E-state index in [4.69, 9.17) is 11.6 Å². The molecule has 0 amide bonds. The molecule has 5 nitrogen and oxygen atoms in total. The van der Waals surface area contributed by atoms with Crippen LogP contribution in [0.15, 0.2) is 74.8 Å². The molecule has 0 aliphatic heterocycles. The Bertz CT molecular complexity index is 1090. The van der Waals surface area contributed by atoms with Crippen molar-refractivity contribution in [3.8, 4) is 11.4 Å². The van der Waals surface area contributed by atoms with Crippen molar-refractivity contribution in [2.24, 2.45) is 0 Å². The van der Waals surface area contributed by atoms with E-state index in [1.54, 1.807) is 6.07 Å². The van der Waals surface area contributed by atoms with Gasteiger partial charge in [-0.2, -0.15) is 5.10 Å². The van der Waals surface area contributed by atoms with Crippen LogP contribution in [-0.4, -0.2) is 25.1 Å². The van der Waals surface area contributed by atoms with Crippen molar-refractivity contribution in [3.63, 3.8) is 0 Å². The normalized spacial score (nSPS) is 11.0. The van der Waals surface area contributed by atoms with Crippen LogP contribution in [0.4, 0.5) is 0 Å². The third-order valence-electron chi connectivity index (χ3n) is 3.75. The lowest BCUT2D eigenvalue weighted by atomic mass is 10.1. The van der Waals surface area contributed by atoms with Crippen molar-refractivity contribution in [1.82, 2.24) is 25.1 Å². The number of benzene rings is 2. The van der Waals surface area contributed by atoms with Crippen LogP contribution in [-0.2, 0) is 0 Å². The first-order valence-electron chi connectivity index (χ1n) is 8.51. The molecule has 0 aliphatic rings. The Balaban J connectivity index is 1.55. The van der Waals surface area contributed by atoms with E-state index in [1.165, 1.54) is 34.7 Å². The van der Waals surface area contributed by atoms with Crippen LogP contribution in [0.2, 0.25) is 5.15 Å². The summed E-state index contributed by atoms with van der Waals surface area (Å²) in [5, 5.41) is 9.66. The number of halogens is 1. The molecule has 8 heteroatoms. The van der Waals surface area contributed by atoms with E-state index in [0.29, 0.717) is 26.3 Å². The zero-order valence-corrected chi connectivity index (χ0v) is 17.6. The maximum Gasteiger partial charge on any atom is 0.194 e. The Morgan fingerprint density at radius 2 is 1.61 bits per heavy atom. The van der Waals surface area contributed by atoms with Gasteiger partial charge in [-0.25, -0.2) is 15.0 Å². The maximum absolute atomic E-state index is 6.19. The Kier molecular flexibility index (Phi) is 5.66. The lowest BCUT2D eigenvalue weighted by Crippen LogP contribution is -1.90. The van der Waals surface area contributed by atoms with Crippen LogP contribution < -0.4 is 0 Å². The zero-order chi connectivity index (χ0) is 19.5. The van der Waals surface area contributed by atoms with Crippen LogP contribution in [0.1, 0.15) is 11.1 Å². The van der Waals surface area contributed by atoms with Gasteiger partial charge in [-0.05, 0) is 61.6 Å². The molecule has 140 valence electrons. The molecular weight excluding hydrogens is 410 g/mol. The molecule has 0 spiro atoms. The molecule has 2 aromatic heterocycles. The molecule has 0 radical (unpaired) electrons. The van der Waals surface area contributed by atoms with Gasteiger partial charge >= 0.3 is 0 Å². The predicted octanol–water partition coefficient (Wildman–Crippen LogP) is 5.83. The second kappa shape index (κ2) is 8.34. The van der Waals surface area contributed by atoms with Crippen LogP contribution in [0.5, 0.6) is 0 Å². The Hall–Kier alpha value is -2.35. The fourth-order valence-corrected chi connectivity index (χ4v) is 4.57. The number of hydrogen-bond donors (Lipinski definition) is 1. The van der Waals surface area contributed by atoms with Crippen molar-refractivity contribution in [2.75, 3.05) is 0 Å². The molecule has 0 unspecified atom stereocenters. The number of rotatable bonds is 5. The van der Waals surface area contributed by atoms with Crippen LogP contribution in [0.3, 0.4) is 0 Å². The minimum Gasteiger partial charge on any atom is -0.253 e. The Morgan fingerprint density at radius 3 is 2.36 bits per heavy atom. The summed E-state index contributed by atoms with van der Waals surface area (Å²) >= 11 is 9.03. The van der Waals surface area contributed by atoms with Gasteiger partial charge in [-0.3, -0.25) is 5.10 Å². The second-order valence-electron chi connectivity index (χ2n) is 6.17. The van der Waals surface area contributed by atoms with Gasteiger partial charge in [0.1, 0.15) is 10.2 Å². The van der Waals surface area contributed by atoms with Gasteiger partial charge in [-0.15, -0.1) is 0 Å². The van der Waals surface area contributed by atoms with E-state index in [9.17, 15) is 0 Å². The molecule has 0 saturated heterocycles. The zero-order valence-electron chi connectivity index (χ0n) is 15.2. The molecule has 4 aromatic rings. The standard InChI is InChI=1S/C20H16ClN5S2/c1-12-8-13(2)10-14(9-12)18-24-20(26-25-18)28-17-11-16(21)22-19(23-17)27-15-6-4-3-5-7-15/h3-11H,1-2H3,(H,24,25,26). The molecule has 0 aliphatic carbocycles. The molecule has 28 heavy (non-hydrogen) atoms. The summed E-state index contributed by atoms with van der Waals surface area (Å²) in [6, 6.07) is 17.9. The van der Waals surface area contributed by atoms with Crippen molar-refractivity contribution < 1.29 is 0 Å². The number of aromatic nitrogens is 5. The van der Waals surface area contributed by atoms with Crippen LogP contribution in [0, 0.1) is 13.8 Å². The lowest BCUT2D eigenvalue weighted by molar-refractivity contribution is 0.885. The topological polar surface area (TPSA) is 67.3 Å². The molecule has 0 bridgehead atoms. The van der Waals surface area contributed by atoms with Crippen molar-refractivity contribution >= 4 is 35.1 Å². The summed E-state index contributed by atoms with van der Waals surface area (Å²) in [6.45, 7) is 4.13. The van der Waals surface area contributed by atoms with E-state index >= 15 is 0 Å². The summed E-state index contributed by atoms with van der Waals surface area (Å²) in [7, 11) is 0. The minimum atomic E-state index is 0.393. The minimum absolute atomic E-state index is 0.393. The molecule has 0 saturated carbocycles. The summed E-state index contributed by atoms with van der Waals surface area (Å²) in [6.07, 6.45) is 0. The van der Waals surface area contributed by atoms with E-state index in [0.717, 1.165) is 10.5 Å². The van der Waals surface area contributed by atoms with Crippen LogP contribution in [0.25, 0.3) is 11.4 Å². The average molecular weight is 426 g/mol. The molecule has 4 rings (SSSR count). The van der Waals surface area contributed by atoms with Crippen molar-refractivity contribution in [3.05, 3.63) is 70.9 Å². The number of hydrogen-bond acceptors (Lipinski definition) is 6. The molecule has 1 N–H and O–H groups in total. The van der Waals surface area contributed by atoms with Gasteiger partial charge in [0.2, 0.25) is 0 Å². The van der Waals surface area contributed by atoms with Gasteiger partial charge in [0.05, 0.1) is 0 Å². The molecule has 0 fully saturated rings. The summed E-state index contributed by atoms with van der Waals surface area (Å²) in [5.41, 5.74) is 3.35.